The molecule has 0 aliphatic heterocycles. The van der Waals surface area contributed by atoms with E-state index in [1.807, 2.05) is 0 Å². The molecule has 0 aliphatic carbocycles. The second-order valence-corrected chi connectivity index (χ2v) is 7.38. The SMILES string of the molecule is O=C(OC(=O)C(F)(OC(F)(F)C(F)(OC(F)(F)C(F)(F)F)C(F)(F)F)C(F)(F)F)C(F)(OC(F)(F)C(F)(F)C(F)(F)F)C(F)(F)F.[H-].[Na+]. The third-order valence-electron chi connectivity index (χ3n) is 4.04. The van der Waals surface area contributed by atoms with Gasteiger partial charge in [0.1, 0.15) is 0 Å². The van der Waals surface area contributed by atoms with Gasteiger partial charge in [-0.15, -0.1) is 0 Å². The fraction of sp³-hybridized carbons (Fsp3) is 0.857. The Hall–Kier alpha value is -1.80. The van der Waals surface area contributed by atoms with E-state index in [0.29, 0.717) is 0 Å². The molecule has 0 N–H and O–H groups in total. The number of alkyl halides is 26. The molecule has 0 fully saturated rings. The number of ether oxygens (including phenoxy) is 4. The summed E-state index contributed by atoms with van der Waals surface area (Å²) in [6.45, 7) is 0. The zero-order valence-corrected chi connectivity index (χ0v) is 22.3. The molecule has 33 heteroatoms. The molecule has 0 aromatic rings. The molecule has 0 radical (unpaired) electrons. The quantitative estimate of drug-likeness (QED) is 0.141. The van der Waals surface area contributed by atoms with E-state index in [0.717, 1.165) is 4.74 Å². The van der Waals surface area contributed by atoms with Crippen molar-refractivity contribution in [2.24, 2.45) is 0 Å². The summed E-state index contributed by atoms with van der Waals surface area (Å²) in [6, 6.07) is 0. The van der Waals surface area contributed by atoms with Crippen molar-refractivity contribution in [3.63, 3.8) is 0 Å². The van der Waals surface area contributed by atoms with Crippen LogP contribution < -0.4 is 29.6 Å². The topological polar surface area (TPSA) is 71.1 Å². The first-order chi connectivity index (χ1) is 19.4. The number of carbonyl (C=O) groups excluding carboxylic acids is 2. The van der Waals surface area contributed by atoms with Crippen molar-refractivity contribution in [1.29, 1.82) is 0 Å². The number of carbonyl (C=O) groups is 2. The Bertz CT molecular complexity index is 1140. The molecule has 0 bridgehead atoms. The molecule has 0 saturated heterocycles. The van der Waals surface area contributed by atoms with Crippen LogP contribution in [0.1, 0.15) is 1.43 Å². The maximum atomic E-state index is 14.2. The standard InChI is InChI=1S/C14F26O6.Na.H/c15-3(7(20,21)22,44-12(35,36)5(17,18)9(26,27)28)1(41)43-2(42)4(16,8(23,24)25)45-13(37,38)6(19,10(29,30)31)46-14(39,40)11(32,33)34;;/q;+1;-1. The smallest absolute Gasteiger partial charge is 1.00 e. The first kappa shape index (κ1) is 47.3. The van der Waals surface area contributed by atoms with E-state index in [-0.39, 0.29) is 31.0 Å². The van der Waals surface area contributed by atoms with Crippen LogP contribution in [-0.2, 0) is 28.5 Å². The van der Waals surface area contributed by atoms with Gasteiger partial charge in [0.2, 0.25) is 0 Å². The Labute approximate surface area is 258 Å². The summed E-state index contributed by atoms with van der Waals surface area (Å²) in [5.74, 6) is -43.1. The normalized spacial score (nSPS) is 18.8. The Kier molecular flexibility index (Phi) is 12.9. The number of esters is 2. The number of rotatable bonds is 10. The minimum atomic E-state index is -8.54. The number of halogens is 26. The van der Waals surface area contributed by atoms with Crippen molar-refractivity contribution in [3.05, 3.63) is 0 Å². The minimum absolute atomic E-state index is 0. The van der Waals surface area contributed by atoms with Gasteiger partial charge in [0, 0.05) is 0 Å². The predicted octanol–water partition coefficient (Wildman–Crippen LogP) is 4.45. The molecule has 0 heterocycles. The molecular formula is C14HF26NaO6. The van der Waals surface area contributed by atoms with Crippen molar-refractivity contribution >= 4 is 11.9 Å². The summed E-state index contributed by atoms with van der Waals surface area (Å²) in [4.78, 5) is 22.4. The van der Waals surface area contributed by atoms with E-state index in [2.05, 4.69) is 0 Å². The molecule has 0 spiro atoms. The molecular weight excluding hydrogens is 781 g/mol. The molecule has 47 heavy (non-hydrogen) atoms. The maximum absolute atomic E-state index is 14.2. The summed E-state index contributed by atoms with van der Waals surface area (Å²) in [7, 11) is 0. The van der Waals surface area contributed by atoms with Gasteiger partial charge in [-0.2, -0.15) is 114 Å². The Balaban J connectivity index is -0.0000101. The van der Waals surface area contributed by atoms with Crippen LogP contribution in [0, 0.1) is 0 Å². The molecule has 276 valence electrons. The van der Waals surface area contributed by atoms with E-state index in [1.54, 1.807) is 4.74 Å². The van der Waals surface area contributed by atoms with E-state index >= 15 is 0 Å². The average molecular weight is 782 g/mol. The molecule has 0 aromatic heterocycles. The predicted molar refractivity (Wildman–Crippen MR) is 77.0 cm³/mol. The second-order valence-electron chi connectivity index (χ2n) is 7.38. The van der Waals surface area contributed by atoms with E-state index in [1.165, 1.54) is 9.47 Å². The van der Waals surface area contributed by atoms with Crippen molar-refractivity contribution in [2.45, 2.75) is 72.7 Å². The van der Waals surface area contributed by atoms with Crippen LogP contribution in [0.5, 0.6) is 0 Å². The van der Waals surface area contributed by atoms with Crippen LogP contribution in [0.2, 0.25) is 0 Å². The maximum Gasteiger partial charge on any atom is 1.00 e. The molecule has 0 rings (SSSR count). The van der Waals surface area contributed by atoms with Crippen LogP contribution in [-0.4, -0.2) is 84.6 Å². The van der Waals surface area contributed by atoms with Gasteiger partial charge in [-0.05, 0) is 0 Å². The Morgan fingerprint density at radius 3 is 0.894 bits per heavy atom. The number of hydrogen-bond acceptors (Lipinski definition) is 6. The van der Waals surface area contributed by atoms with Gasteiger partial charge in [-0.25, -0.2) is 9.59 Å². The van der Waals surface area contributed by atoms with Gasteiger partial charge in [0.05, 0.1) is 0 Å². The summed E-state index contributed by atoms with van der Waals surface area (Å²) in [6.07, 6.45) is -64.5. The van der Waals surface area contributed by atoms with Gasteiger partial charge in [-0.3, -0.25) is 14.2 Å². The summed E-state index contributed by atoms with van der Waals surface area (Å²) in [5.41, 5.74) is 0. The average Bonchev–Trinajstić information content (AvgIpc) is 2.73. The van der Waals surface area contributed by atoms with Gasteiger partial charge in [0.15, 0.2) is 0 Å². The molecule has 0 aromatic carbocycles. The van der Waals surface area contributed by atoms with Gasteiger partial charge >= 0.3 is 114 Å². The fourth-order valence-corrected chi connectivity index (χ4v) is 1.81. The number of hydrogen-bond donors (Lipinski definition) is 0. The van der Waals surface area contributed by atoms with Crippen molar-refractivity contribution in [1.82, 2.24) is 0 Å². The second kappa shape index (κ2) is 12.8. The Morgan fingerprint density at radius 1 is 0.362 bits per heavy atom. The summed E-state index contributed by atoms with van der Waals surface area (Å²) < 4.78 is 340. The summed E-state index contributed by atoms with van der Waals surface area (Å²) in [5, 5.41) is 0. The largest absolute Gasteiger partial charge is 1.00 e. The van der Waals surface area contributed by atoms with Gasteiger partial charge in [0.25, 0.3) is 0 Å². The Morgan fingerprint density at radius 2 is 0.660 bits per heavy atom. The van der Waals surface area contributed by atoms with Gasteiger partial charge < -0.3 is 6.16 Å². The van der Waals surface area contributed by atoms with E-state index < -0.39 is 84.6 Å². The molecule has 0 amide bonds. The first-order valence-corrected chi connectivity index (χ1v) is 9.20. The van der Waals surface area contributed by atoms with Crippen LogP contribution >= 0.6 is 0 Å². The zero-order valence-electron chi connectivity index (χ0n) is 21.3. The molecule has 3 unspecified atom stereocenters. The zero-order chi connectivity index (χ0) is 38.0. The van der Waals surface area contributed by atoms with Crippen LogP contribution in [0.25, 0.3) is 0 Å². The third-order valence-corrected chi connectivity index (χ3v) is 4.04. The molecule has 6 nitrogen and oxygen atoms in total. The monoisotopic (exact) mass is 782 g/mol. The van der Waals surface area contributed by atoms with Crippen molar-refractivity contribution in [2.75, 3.05) is 0 Å². The molecule has 0 saturated carbocycles. The molecule has 0 aliphatic rings. The van der Waals surface area contributed by atoms with Gasteiger partial charge in [-0.1, -0.05) is 0 Å². The third kappa shape index (κ3) is 8.69. The fourth-order valence-electron chi connectivity index (χ4n) is 1.81. The van der Waals surface area contributed by atoms with Crippen molar-refractivity contribution in [3.8, 4) is 0 Å². The van der Waals surface area contributed by atoms with Crippen LogP contribution in [0.4, 0.5) is 114 Å². The summed E-state index contributed by atoms with van der Waals surface area (Å²) >= 11 is 0. The first-order valence-electron chi connectivity index (χ1n) is 9.20. The molecule has 3 atom stereocenters. The van der Waals surface area contributed by atoms with E-state index in [9.17, 15) is 124 Å². The van der Waals surface area contributed by atoms with Crippen LogP contribution in [0.3, 0.4) is 0 Å². The minimum Gasteiger partial charge on any atom is -1.00 e. The van der Waals surface area contributed by atoms with Crippen LogP contribution in [0.15, 0.2) is 0 Å². The van der Waals surface area contributed by atoms with Crippen molar-refractivity contribution < 1.29 is 174 Å². The van der Waals surface area contributed by atoms with E-state index in [4.69, 9.17) is 0 Å².